The van der Waals surface area contributed by atoms with Gasteiger partial charge in [-0.15, -0.1) is 0 Å². The van der Waals surface area contributed by atoms with Gasteiger partial charge in [0.1, 0.15) is 0 Å². The van der Waals surface area contributed by atoms with E-state index in [1.807, 2.05) is 11.4 Å². The molecular formula is C14H14BrNO4S. The molecule has 0 bridgehead atoms. The van der Waals surface area contributed by atoms with Crippen molar-refractivity contribution in [3.8, 4) is 11.5 Å². The monoisotopic (exact) mass is 371 g/mol. The number of thiophene rings is 1. The van der Waals surface area contributed by atoms with Crippen LogP contribution in [0.15, 0.2) is 29.0 Å². The smallest absolute Gasteiger partial charge is 0.277 e. The van der Waals surface area contributed by atoms with E-state index in [0.717, 1.165) is 6.42 Å². The molecule has 2 aromatic rings. The molecule has 21 heavy (non-hydrogen) atoms. The second-order valence-corrected chi connectivity index (χ2v) is 5.59. The van der Waals surface area contributed by atoms with E-state index in [0.29, 0.717) is 29.0 Å². The van der Waals surface area contributed by atoms with Crippen LogP contribution >= 0.6 is 27.3 Å². The molecule has 0 aliphatic heterocycles. The summed E-state index contributed by atoms with van der Waals surface area (Å²) >= 11 is 4.87. The molecular weight excluding hydrogens is 358 g/mol. The lowest BCUT2D eigenvalue weighted by Gasteiger charge is -2.12. The van der Waals surface area contributed by atoms with Crippen LogP contribution in [0.3, 0.4) is 0 Å². The number of benzene rings is 1. The molecule has 0 saturated carbocycles. The average Bonchev–Trinajstić information content (AvgIpc) is 2.99. The van der Waals surface area contributed by atoms with Crippen molar-refractivity contribution in [2.45, 2.75) is 11.8 Å². The maximum Gasteiger partial charge on any atom is 0.277 e. The summed E-state index contributed by atoms with van der Waals surface area (Å²) in [5.41, 5.74) is 1.77. The summed E-state index contributed by atoms with van der Waals surface area (Å²) in [4.78, 5) is 10.7. The second-order valence-electron chi connectivity index (χ2n) is 4.25. The van der Waals surface area contributed by atoms with Gasteiger partial charge in [0.25, 0.3) is 5.69 Å². The van der Waals surface area contributed by atoms with Gasteiger partial charge in [-0.2, -0.15) is 11.3 Å². The van der Waals surface area contributed by atoms with Crippen molar-refractivity contribution >= 4 is 33.0 Å². The first-order chi connectivity index (χ1) is 10.2. The Morgan fingerprint density at radius 2 is 2.19 bits per heavy atom. The molecule has 7 heteroatoms. The van der Waals surface area contributed by atoms with Gasteiger partial charge in [0.15, 0.2) is 11.5 Å². The van der Waals surface area contributed by atoms with Gasteiger partial charge >= 0.3 is 0 Å². The molecule has 1 heterocycles. The van der Waals surface area contributed by atoms with Crippen LogP contribution in [0.4, 0.5) is 5.69 Å². The predicted octanol–water partition coefficient (Wildman–Crippen LogP) is 4.18. The van der Waals surface area contributed by atoms with Gasteiger partial charge in [0, 0.05) is 17.3 Å². The molecule has 1 aromatic heterocycles. The normalized spacial score (nSPS) is 10.4. The summed E-state index contributed by atoms with van der Waals surface area (Å²) in [5, 5.41) is 15.5. The Kier molecular flexibility index (Phi) is 5.58. The maximum absolute atomic E-state index is 11.1. The van der Waals surface area contributed by atoms with E-state index in [4.69, 9.17) is 9.47 Å². The van der Waals surface area contributed by atoms with Crippen molar-refractivity contribution in [1.82, 2.24) is 0 Å². The quantitative estimate of drug-likeness (QED) is 0.416. The van der Waals surface area contributed by atoms with Crippen LogP contribution in [-0.2, 0) is 11.8 Å². The minimum Gasteiger partial charge on any atom is -0.493 e. The first-order valence-corrected chi connectivity index (χ1v) is 8.27. The largest absolute Gasteiger partial charge is 0.493 e. The highest BCUT2D eigenvalue weighted by molar-refractivity contribution is 9.08. The lowest BCUT2D eigenvalue weighted by Crippen LogP contribution is -2.04. The first kappa shape index (κ1) is 15.8. The summed E-state index contributed by atoms with van der Waals surface area (Å²) in [6.45, 7) is 0.442. The molecule has 0 amide bonds. The van der Waals surface area contributed by atoms with Crippen LogP contribution in [0.25, 0.3) is 0 Å². The van der Waals surface area contributed by atoms with Gasteiger partial charge in [0.2, 0.25) is 0 Å². The Labute approximate surface area is 134 Å². The fraction of sp³-hybridized carbons (Fsp3) is 0.286. The molecule has 0 atom stereocenters. The number of ether oxygens (including phenoxy) is 2. The number of methoxy groups -OCH3 is 1. The highest BCUT2D eigenvalue weighted by Crippen LogP contribution is 2.35. The topological polar surface area (TPSA) is 61.6 Å². The van der Waals surface area contributed by atoms with Crippen molar-refractivity contribution in [2.24, 2.45) is 0 Å². The highest BCUT2D eigenvalue weighted by atomic mass is 79.9. The van der Waals surface area contributed by atoms with Crippen molar-refractivity contribution in [3.05, 3.63) is 50.2 Å². The number of hydrogen-bond donors (Lipinski definition) is 0. The molecule has 1 aromatic carbocycles. The third kappa shape index (κ3) is 3.95. The van der Waals surface area contributed by atoms with Crippen LogP contribution in [0.2, 0.25) is 0 Å². The number of nitro groups is 1. The van der Waals surface area contributed by atoms with Gasteiger partial charge in [-0.05, 0) is 28.5 Å². The van der Waals surface area contributed by atoms with Gasteiger partial charge in [-0.1, -0.05) is 15.9 Å². The minimum atomic E-state index is -0.415. The van der Waals surface area contributed by atoms with E-state index >= 15 is 0 Å². The molecule has 0 aliphatic carbocycles. The summed E-state index contributed by atoms with van der Waals surface area (Å²) in [5.74, 6) is 0.893. The highest BCUT2D eigenvalue weighted by Gasteiger charge is 2.19. The summed E-state index contributed by atoms with van der Waals surface area (Å²) < 4.78 is 10.9. The minimum absolute atomic E-state index is 0.0261. The van der Waals surface area contributed by atoms with Crippen LogP contribution in [0.5, 0.6) is 11.5 Å². The zero-order valence-electron chi connectivity index (χ0n) is 11.4. The molecule has 0 spiro atoms. The fourth-order valence-corrected chi connectivity index (χ4v) is 3.01. The van der Waals surface area contributed by atoms with E-state index in [9.17, 15) is 10.1 Å². The van der Waals surface area contributed by atoms with Crippen LogP contribution in [0.1, 0.15) is 11.1 Å². The number of nitrogens with zero attached hydrogens (tertiary/aromatic N) is 1. The zero-order valence-corrected chi connectivity index (χ0v) is 13.8. The SMILES string of the molecule is COc1cc(CBr)c([N+](=O)[O-])cc1OCCc1ccsc1. The first-order valence-electron chi connectivity index (χ1n) is 6.21. The zero-order chi connectivity index (χ0) is 15.2. The molecule has 0 saturated heterocycles. The van der Waals surface area contributed by atoms with E-state index in [1.54, 1.807) is 17.4 Å². The molecule has 0 radical (unpaired) electrons. The maximum atomic E-state index is 11.1. The number of alkyl halides is 1. The second kappa shape index (κ2) is 7.42. The van der Waals surface area contributed by atoms with E-state index in [-0.39, 0.29) is 5.69 Å². The molecule has 112 valence electrons. The predicted molar refractivity (Wildman–Crippen MR) is 85.8 cm³/mol. The van der Waals surface area contributed by atoms with Crippen LogP contribution in [-0.4, -0.2) is 18.6 Å². The Hall–Kier alpha value is -1.60. The Bertz CT molecular complexity index is 616. The summed E-state index contributed by atoms with van der Waals surface area (Å²) in [6, 6.07) is 5.08. The lowest BCUT2D eigenvalue weighted by molar-refractivity contribution is -0.385. The van der Waals surface area contributed by atoms with Crippen molar-refractivity contribution < 1.29 is 14.4 Å². The van der Waals surface area contributed by atoms with E-state index in [2.05, 4.69) is 21.3 Å². The molecule has 0 aliphatic rings. The van der Waals surface area contributed by atoms with Crippen LogP contribution < -0.4 is 9.47 Å². The third-order valence-electron chi connectivity index (χ3n) is 2.93. The number of hydrogen-bond acceptors (Lipinski definition) is 5. The fourth-order valence-electron chi connectivity index (χ4n) is 1.85. The Morgan fingerprint density at radius 1 is 1.38 bits per heavy atom. The molecule has 0 unspecified atom stereocenters. The molecule has 0 N–H and O–H groups in total. The Morgan fingerprint density at radius 3 is 2.76 bits per heavy atom. The molecule has 2 rings (SSSR count). The molecule has 0 fully saturated rings. The van der Waals surface area contributed by atoms with Gasteiger partial charge < -0.3 is 9.47 Å². The number of halogens is 1. The summed E-state index contributed by atoms with van der Waals surface area (Å²) in [6.07, 6.45) is 0.751. The average molecular weight is 372 g/mol. The standard InChI is InChI=1S/C14H14BrNO4S/c1-19-13-6-11(8-15)12(16(17)18)7-14(13)20-4-2-10-3-5-21-9-10/h3,5-7,9H,2,4,8H2,1H3. The van der Waals surface area contributed by atoms with Gasteiger partial charge in [0.05, 0.1) is 24.7 Å². The van der Waals surface area contributed by atoms with E-state index < -0.39 is 4.92 Å². The molecule has 5 nitrogen and oxygen atoms in total. The van der Waals surface area contributed by atoms with E-state index in [1.165, 1.54) is 18.7 Å². The van der Waals surface area contributed by atoms with Gasteiger partial charge in [-0.3, -0.25) is 10.1 Å². The number of nitro benzene ring substituents is 1. The Balaban J connectivity index is 2.16. The van der Waals surface area contributed by atoms with Crippen molar-refractivity contribution in [3.63, 3.8) is 0 Å². The summed E-state index contributed by atoms with van der Waals surface area (Å²) in [7, 11) is 1.52. The number of rotatable bonds is 7. The van der Waals surface area contributed by atoms with Crippen molar-refractivity contribution in [1.29, 1.82) is 0 Å². The van der Waals surface area contributed by atoms with Crippen molar-refractivity contribution in [2.75, 3.05) is 13.7 Å². The lowest BCUT2D eigenvalue weighted by atomic mass is 10.2. The van der Waals surface area contributed by atoms with Gasteiger partial charge in [-0.25, -0.2) is 0 Å². The third-order valence-corrected chi connectivity index (χ3v) is 4.27. The van der Waals surface area contributed by atoms with Crippen LogP contribution in [0, 0.1) is 10.1 Å².